The molecule has 12 heteroatoms. The number of piperidine rings is 1. The smallest absolute Gasteiger partial charge is 0.255 e. The number of H-pyrrole nitrogens is 1. The largest absolute Gasteiger partial charge is 0.340 e. The number of aromatic amines is 1. The molecule has 1 aliphatic rings. The van der Waals surface area contributed by atoms with Gasteiger partial charge >= 0.3 is 0 Å². The summed E-state index contributed by atoms with van der Waals surface area (Å²) >= 11 is 12.5. The van der Waals surface area contributed by atoms with Gasteiger partial charge in [-0.25, -0.2) is 9.37 Å². The molecule has 2 N–H and O–H groups in total. The molecule has 1 amide bonds. The molecule has 0 aliphatic carbocycles. The number of halogens is 3. The molecular formula is C25H24Cl2FN7O2. The maximum Gasteiger partial charge on any atom is 0.255 e. The fourth-order valence-electron chi connectivity index (χ4n) is 4.82. The highest BCUT2D eigenvalue weighted by atomic mass is 35.5. The van der Waals surface area contributed by atoms with Gasteiger partial charge < -0.3 is 14.7 Å². The number of pyridine rings is 1. The standard InChI is InChI=1S/C25H24Cl2FN7O2/c1-13-11-20(33-32-13)31-22-18(28)7-8-19(30-22)25(24-29-15(3)37-34-24)9-10-35(14(2)12-25)23(36)16-5-4-6-17(26)21(16)27/h4-8,11,14H,9-10,12H2,1-3H3,(H2,30,31,32,33). The number of aryl methyl sites for hydroxylation is 2. The van der Waals surface area contributed by atoms with Crippen LogP contribution in [0.25, 0.3) is 0 Å². The summed E-state index contributed by atoms with van der Waals surface area (Å²) in [6.07, 6.45) is 0.856. The Morgan fingerprint density at radius 2 is 2.05 bits per heavy atom. The van der Waals surface area contributed by atoms with Crippen LogP contribution in [-0.4, -0.2) is 48.7 Å². The van der Waals surface area contributed by atoms with E-state index < -0.39 is 11.2 Å². The van der Waals surface area contributed by atoms with Crippen molar-refractivity contribution >= 4 is 40.7 Å². The van der Waals surface area contributed by atoms with E-state index in [1.165, 1.54) is 6.07 Å². The van der Waals surface area contributed by atoms with E-state index >= 15 is 0 Å². The lowest BCUT2D eigenvalue weighted by Crippen LogP contribution is -2.51. The maximum absolute atomic E-state index is 14.8. The van der Waals surface area contributed by atoms with Crippen LogP contribution in [0.5, 0.6) is 0 Å². The van der Waals surface area contributed by atoms with E-state index in [1.807, 2.05) is 13.8 Å². The van der Waals surface area contributed by atoms with Crippen LogP contribution in [0, 0.1) is 19.7 Å². The molecule has 1 aromatic carbocycles. The first-order valence-electron chi connectivity index (χ1n) is 11.7. The fourth-order valence-corrected chi connectivity index (χ4v) is 5.20. The van der Waals surface area contributed by atoms with Gasteiger partial charge in [-0.1, -0.05) is 34.4 Å². The summed E-state index contributed by atoms with van der Waals surface area (Å²) < 4.78 is 20.1. The monoisotopic (exact) mass is 543 g/mol. The van der Waals surface area contributed by atoms with Crippen LogP contribution in [0.15, 0.2) is 40.9 Å². The van der Waals surface area contributed by atoms with E-state index in [1.54, 1.807) is 42.2 Å². The van der Waals surface area contributed by atoms with Crippen molar-refractivity contribution in [1.82, 2.24) is 30.2 Å². The van der Waals surface area contributed by atoms with Crippen molar-refractivity contribution in [3.8, 4) is 0 Å². The quantitative estimate of drug-likeness (QED) is 0.336. The van der Waals surface area contributed by atoms with Crippen molar-refractivity contribution in [2.45, 2.75) is 45.1 Å². The SMILES string of the molecule is Cc1cc(Nc2nc(C3(c4noc(C)n4)CCN(C(=O)c4cccc(Cl)c4Cl)C(C)C3)ccc2F)n[nH]1. The number of benzene rings is 1. The Morgan fingerprint density at radius 1 is 1.24 bits per heavy atom. The molecule has 192 valence electrons. The highest BCUT2D eigenvalue weighted by Gasteiger charge is 2.47. The third kappa shape index (κ3) is 4.67. The van der Waals surface area contributed by atoms with Gasteiger partial charge in [-0.15, -0.1) is 0 Å². The zero-order valence-electron chi connectivity index (χ0n) is 20.3. The van der Waals surface area contributed by atoms with Crippen LogP contribution in [0.3, 0.4) is 0 Å². The second kappa shape index (κ2) is 9.75. The topological polar surface area (TPSA) is 113 Å². The molecule has 0 saturated carbocycles. The maximum atomic E-state index is 14.8. The Labute approximate surface area is 222 Å². The van der Waals surface area contributed by atoms with Gasteiger partial charge in [0.25, 0.3) is 5.91 Å². The molecule has 9 nitrogen and oxygen atoms in total. The number of nitrogens with one attached hydrogen (secondary N) is 2. The molecule has 2 unspecified atom stereocenters. The van der Waals surface area contributed by atoms with Crippen LogP contribution < -0.4 is 5.32 Å². The summed E-state index contributed by atoms with van der Waals surface area (Å²) in [7, 11) is 0. The molecule has 0 radical (unpaired) electrons. The van der Waals surface area contributed by atoms with Crippen LogP contribution in [0.2, 0.25) is 10.0 Å². The van der Waals surface area contributed by atoms with Crippen LogP contribution in [-0.2, 0) is 5.41 Å². The molecule has 37 heavy (non-hydrogen) atoms. The van der Waals surface area contributed by atoms with E-state index in [4.69, 9.17) is 27.7 Å². The zero-order chi connectivity index (χ0) is 26.3. The lowest BCUT2D eigenvalue weighted by molar-refractivity contribution is 0.0557. The Hall–Kier alpha value is -3.50. The van der Waals surface area contributed by atoms with Crippen molar-refractivity contribution in [3.05, 3.63) is 80.9 Å². The van der Waals surface area contributed by atoms with Gasteiger partial charge in [0.2, 0.25) is 5.89 Å². The second-order valence-corrected chi connectivity index (χ2v) is 10.00. The number of nitrogens with zero attached hydrogens (tertiary/aromatic N) is 5. The average molecular weight is 544 g/mol. The van der Waals surface area contributed by atoms with Gasteiger partial charge in [-0.2, -0.15) is 10.1 Å². The summed E-state index contributed by atoms with van der Waals surface area (Å²) in [6.45, 7) is 5.85. The average Bonchev–Trinajstić information content (AvgIpc) is 3.49. The Kier molecular flexibility index (Phi) is 6.63. The third-order valence-corrected chi connectivity index (χ3v) is 7.46. The summed E-state index contributed by atoms with van der Waals surface area (Å²) in [4.78, 5) is 24.3. The van der Waals surface area contributed by atoms with E-state index in [0.29, 0.717) is 53.2 Å². The first-order chi connectivity index (χ1) is 17.7. The van der Waals surface area contributed by atoms with Crippen molar-refractivity contribution < 1.29 is 13.7 Å². The molecule has 1 aliphatic heterocycles. The van der Waals surface area contributed by atoms with Crippen molar-refractivity contribution in [2.24, 2.45) is 0 Å². The second-order valence-electron chi connectivity index (χ2n) is 9.21. The number of carbonyl (C=O) groups excluding carboxylic acids is 1. The van der Waals surface area contributed by atoms with Gasteiger partial charge in [0.05, 0.1) is 26.7 Å². The predicted molar refractivity (Wildman–Crippen MR) is 137 cm³/mol. The molecule has 1 fully saturated rings. The van der Waals surface area contributed by atoms with E-state index in [0.717, 1.165) is 5.69 Å². The summed E-state index contributed by atoms with van der Waals surface area (Å²) in [6, 6.07) is 9.46. The molecule has 0 spiro atoms. The third-order valence-electron chi connectivity index (χ3n) is 6.64. The summed E-state index contributed by atoms with van der Waals surface area (Å²) in [5.41, 5.74) is 0.898. The minimum Gasteiger partial charge on any atom is -0.340 e. The Morgan fingerprint density at radius 3 is 2.73 bits per heavy atom. The van der Waals surface area contributed by atoms with Gasteiger partial charge in [-0.3, -0.25) is 9.89 Å². The van der Waals surface area contributed by atoms with Crippen LogP contribution in [0.1, 0.15) is 53.2 Å². The van der Waals surface area contributed by atoms with Gasteiger partial charge in [0.1, 0.15) is 0 Å². The number of likely N-dealkylation sites (tertiary alicyclic amines) is 1. The highest BCUT2D eigenvalue weighted by molar-refractivity contribution is 6.43. The number of carbonyl (C=O) groups is 1. The predicted octanol–water partition coefficient (Wildman–Crippen LogP) is 5.60. The molecule has 4 heterocycles. The Balaban J connectivity index is 1.51. The molecule has 0 bridgehead atoms. The lowest BCUT2D eigenvalue weighted by atomic mass is 9.72. The number of rotatable bonds is 5. The van der Waals surface area contributed by atoms with Crippen LogP contribution in [0.4, 0.5) is 16.0 Å². The lowest BCUT2D eigenvalue weighted by Gasteiger charge is -2.44. The molecular weight excluding hydrogens is 520 g/mol. The molecule has 3 aromatic heterocycles. The first-order valence-corrected chi connectivity index (χ1v) is 12.5. The summed E-state index contributed by atoms with van der Waals surface area (Å²) in [5, 5.41) is 14.6. The van der Waals surface area contributed by atoms with Crippen molar-refractivity contribution in [3.63, 3.8) is 0 Å². The van der Waals surface area contributed by atoms with E-state index in [-0.39, 0.29) is 22.8 Å². The molecule has 2 atom stereocenters. The zero-order valence-corrected chi connectivity index (χ0v) is 21.9. The summed E-state index contributed by atoms with van der Waals surface area (Å²) in [5.74, 6) is 0.559. The first kappa shape index (κ1) is 25.2. The molecule has 1 saturated heterocycles. The molecule has 5 rings (SSSR count). The fraction of sp³-hybridized carbons (Fsp3) is 0.320. The Bertz CT molecular complexity index is 1470. The van der Waals surface area contributed by atoms with Gasteiger partial charge in [-0.05, 0) is 51.0 Å². The minimum atomic E-state index is -0.822. The number of amides is 1. The number of anilines is 2. The van der Waals surface area contributed by atoms with E-state index in [2.05, 4.69) is 30.6 Å². The number of hydrogen-bond donors (Lipinski definition) is 2. The normalized spacial score (nSPS) is 19.7. The van der Waals surface area contributed by atoms with Gasteiger partial charge in [0, 0.05) is 31.3 Å². The van der Waals surface area contributed by atoms with Crippen LogP contribution >= 0.6 is 23.2 Å². The van der Waals surface area contributed by atoms with Crippen molar-refractivity contribution in [1.29, 1.82) is 0 Å². The van der Waals surface area contributed by atoms with Crippen molar-refractivity contribution in [2.75, 3.05) is 11.9 Å². The van der Waals surface area contributed by atoms with E-state index in [9.17, 15) is 9.18 Å². The number of aromatic nitrogens is 5. The minimum absolute atomic E-state index is 0.0282. The molecule has 4 aromatic rings. The van der Waals surface area contributed by atoms with Gasteiger partial charge in [0.15, 0.2) is 23.3 Å². The number of hydrogen-bond acceptors (Lipinski definition) is 7. The highest BCUT2D eigenvalue weighted by Crippen LogP contribution is 2.43.